The topological polar surface area (TPSA) is 186 Å². The van der Waals surface area contributed by atoms with Gasteiger partial charge < -0.3 is 31.5 Å². The smallest absolute Gasteiger partial charge is 0.320 e. The molecular weight excluding hydrogens is 478 g/mol. The summed E-state index contributed by atoms with van der Waals surface area (Å²) in [5, 5.41) is 33.1. The van der Waals surface area contributed by atoms with Crippen LogP contribution in [0.5, 0.6) is 0 Å². The monoisotopic (exact) mass is 507 g/mol. The molecule has 1 saturated heterocycles. The highest BCUT2D eigenvalue weighted by Gasteiger charge is 2.45. The fraction of sp³-hybridized carbons (Fsp3) is 0.360. The van der Waals surface area contributed by atoms with Crippen LogP contribution in [0.15, 0.2) is 55.1 Å². The number of aliphatic hydroxyl groups excluding tert-OH is 2. The molecule has 1 aliphatic rings. The summed E-state index contributed by atoms with van der Waals surface area (Å²) in [5.74, 6) is -0.879. The number of rotatable bonds is 9. The summed E-state index contributed by atoms with van der Waals surface area (Å²) in [6.45, 7) is 1.06. The normalized spacial score (nSPS) is 22.7. The Bertz CT molecular complexity index is 1410. The molecule has 1 fully saturated rings. The van der Waals surface area contributed by atoms with Crippen molar-refractivity contribution in [2.24, 2.45) is 5.73 Å². The van der Waals surface area contributed by atoms with Gasteiger partial charge in [0.05, 0.1) is 6.33 Å². The van der Waals surface area contributed by atoms with Gasteiger partial charge >= 0.3 is 5.97 Å². The van der Waals surface area contributed by atoms with E-state index in [1.165, 1.54) is 17.2 Å². The SMILES string of the molecule is Nc1ncnc2c1ncn2C1OC(CN(CCC(N)C(=O)O)Cc2ccc3ccccc3c2)C(O)C1O. The van der Waals surface area contributed by atoms with Crippen molar-refractivity contribution in [1.29, 1.82) is 0 Å². The van der Waals surface area contributed by atoms with E-state index < -0.39 is 36.6 Å². The number of benzene rings is 2. The highest BCUT2D eigenvalue weighted by molar-refractivity contribution is 5.83. The quantitative estimate of drug-likeness (QED) is 0.212. The first-order valence-electron chi connectivity index (χ1n) is 11.9. The number of carbonyl (C=O) groups is 1. The van der Waals surface area contributed by atoms with Crippen molar-refractivity contribution in [3.05, 3.63) is 60.7 Å². The van der Waals surface area contributed by atoms with Crippen LogP contribution in [-0.4, -0.2) is 83.2 Å². The molecular formula is C25H29N7O5. The van der Waals surface area contributed by atoms with E-state index in [4.69, 9.17) is 16.2 Å². The predicted molar refractivity (Wildman–Crippen MR) is 135 cm³/mol. The summed E-state index contributed by atoms with van der Waals surface area (Å²) in [4.78, 5) is 25.6. The Morgan fingerprint density at radius 3 is 2.68 bits per heavy atom. The van der Waals surface area contributed by atoms with E-state index in [1.807, 2.05) is 41.3 Å². The third-order valence-electron chi connectivity index (χ3n) is 6.73. The first-order chi connectivity index (χ1) is 17.8. The minimum absolute atomic E-state index is 0.199. The molecule has 194 valence electrons. The van der Waals surface area contributed by atoms with E-state index in [0.717, 1.165) is 16.3 Å². The fourth-order valence-electron chi connectivity index (χ4n) is 4.70. The standard InChI is InChI=1S/C25H29N7O5/c26-17(25(35)36)7-8-31(10-14-5-6-15-3-1-2-4-16(15)9-14)11-18-20(33)21(34)24(37-18)32-13-30-19-22(27)28-12-29-23(19)32/h1-6,9,12-13,17-18,20-21,24,33-34H,7-8,10-11,26H2,(H,35,36)(H2,27,28,29). The van der Waals surface area contributed by atoms with Crippen LogP contribution in [-0.2, 0) is 16.1 Å². The van der Waals surface area contributed by atoms with E-state index in [1.54, 1.807) is 0 Å². The number of nitrogens with two attached hydrogens (primary N) is 2. The molecule has 0 aliphatic carbocycles. The first-order valence-corrected chi connectivity index (χ1v) is 11.9. The number of aliphatic carboxylic acids is 1. The number of hydrogen-bond acceptors (Lipinski definition) is 10. The Morgan fingerprint density at radius 2 is 1.89 bits per heavy atom. The van der Waals surface area contributed by atoms with Gasteiger partial charge in [-0.3, -0.25) is 14.3 Å². The minimum Gasteiger partial charge on any atom is -0.480 e. The van der Waals surface area contributed by atoms with Gasteiger partial charge in [0.1, 0.15) is 36.2 Å². The van der Waals surface area contributed by atoms with Crippen LogP contribution in [0.2, 0.25) is 0 Å². The predicted octanol–water partition coefficient (Wildman–Crippen LogP) is 0.485. The molecule has 37 heavy (non-hydrogen) atoms. The van der Waals surface area contributed by atoms with E-state index in [0.29, 0.717) is 24.3 Å². The third kappa shape index (κ3) is 5.10. The van der Waals surface area contributed by atoms with Crippen molar-refractivity contribution >= 4 is 33.7 Å². The lowest BCUT2D eigenvalue weighted by atomic mass is 10.1. The Hall–Kier alpha value is -3.68. The molecule has 12 nitrogen and oxygen atoms in total. The van der Waals surface area contributed by atoms with Crippen LogP contribution < -0.4 is 11.5 Å². The maximum atomic E-state index is 11.3. The van der Waals surface area contributed by atoms with Gasteiger partial charge in [-0.2, -0.15) is 0 Å². The number of carboxylic acids is 1. The number of imidazole rings is 1. The van der Waals surface area contributed by atoms with Crippen LogP contribution in [0, 0.1) is 0 Å². The molecule has 0 spiro atoms. The molecule has 12 heteroatoms. The number of aromatic nitrogens is 4. The van der Waals surface area contributed by atoms with Crippen molar-refractivity contribution in [1.82, 2.24) is 24.4 Å². The summed E-state index contributed by atoms with van der Waals surface area (Å²) in [5.41, 5.74) is 13.4. The fourth-order valence-corrected chi connectivity index (χ4v) is 4.70. The molecule has 0 amide bonds. The van der Waals surface area contributed by atoms with Crippen molar-refractivity contribution in [3.63, 3.8) is 0 Å². The lowest BCUT2D eigenvalue weighted by Crippen LogP contribution is -2.42. The second kappa shape index (κ2) is 10.4. The van der Waals surface area contributed by atoms with Crippen LogP contribution in [0.25, 0.3) is 21.9 Å². The van der Waals surface area contributed by atoms with Gasteiger partial charge in [-0.25, -0.2) is 15.0 Å². The molecule has 5 unspecified atom stereocenters. The molecule has 0 bridgehead atoms. The first kappa shape index (κ1) is 25.0. The molecule has 4 aromatic rings. The average molecular weight is 508 g/mol. The number of carboxylic acid groups (broad SMARTS) is 1. The van der Waals surface area contributed by atoms with Crippen LogP contribution >= 0.6 is 0 Å². The van der Waals surface area contributed by atoms with Gasteiger partial charge in [0.2, 0.25) is 0 Å². The van der Waals surface area contributed by atoms with E-state index in [9.17, 15) is 20.1 Å². The summed E-state index contributed by atoms with van der Waals surface area (Å²) in [6.07, 6.45) is -1.21. The van der Waals surface area contributed by atoms with Gasteiger partial charge in [0.25, 0.3) is 0 Å². The zero-order valence-corrected chi connectivity index (χ0v) is 20.0. The summed E-state index contributed by atoms with van der Waals surface area (Å²) in [6, 6.07) is 13.1. The number of aliphatic hydroxyl groups is 2. The number of nitrogens with zero attached hydrogens (tertiary/aromatic N) is 5. The Balaban J connectivity index is 1.36. The van der Waals surface area contributed by atoms with Gasteiger partial charge in [-0.1, -0.05) is 36.4 Å². The van der Waals surface area contributed by atoms with Gasteiger partial charge in [0, 0.05) is 19.6 Å². The number of fused-ring (bicyclic) bond motifs is 2. The number of anilines is 1. The Kier molecular flexibility index (Phi) is 7.00. The number of nitrogen functional groups attached to an aromatic ring is 1. The maximum absolute atomic E-state index is 11.3. The third-order valence-corrected chi connectivity index (χ3v) is 6.73. The largest absolute Gasteiger partial charge is 0.480 e. The molecule has 7 N–H and O–H groups in total. The van der Waals surface area contributed by atoms with E-state index in [-0.39, 0.29) is 18.8 Å². The highest BCUT2D eigenvalue weighted by atomic mass is 16.6. The number of ether oxygens (including phenoxy) is 1. The molecule has 0 radical (unpaired) electrons. The van der Waals surface area contributed by atoms with Crippen LogP contribution in [0.4, 0.5) is 5.82 Å². The second-order valence-electron chi connectivity index (χ2n) is 9.28. The number of hydrogen-bond donors (Lipinski definition) is 5. The summed E-state index contributed by atoms with van der Waals surface area (Å²) >= 11 is 0. The highest BCUT2D eigenvalue weighted by Crippen LogP contribution is 2.32. The molecule has 5 atom stereocenters. The van der Waals surface area contributed by atoms with E-state index in [2.05, 4.69) is 21.0 Å². The average Bonchev–Trinajstić information content (AvgIpc) is 3.44. The molecule has 0 saturated carbocycles. The van der Waals surface area contributed by atoms with E-state index >= 15 is 0 Å². The molecule has 5 rings (SSSR count). The summed E-state index contributed by atoms with van der Waals surface area (Å²) < 4.78 is 7.63. The molecule has 2 aromatic carbocycles. The summed E-state index contributed by atoms with van der Waals surface area (Å²) in [7, 11) is 0. The van der Waals surface area contributed by atoms with Crippen LogP contribution in [0.3, 0.4) is 0 Å². The van der Waals surface area contributed by atoms with Crippen LogP contribution in [0.1, 0.15) is 18.2 Å². The molecule has 1 aliphatic heterocycles. The van der Waals surface area contributed by atoms with Crippen molar-refractivity contribution < 1.29 is 24.9 Å². The second-order valence-corrected chi connectivity index (χ2v) is 9.28. The van der Waals surface area contributed by atoms with Crippen molar-refractivity contribution in [2.45, 2.75) is 43.5 Å². The lowest BCUT2D eigenvalue weighted by Gasteiger charge is -2.27. The maximum Gasteiger partial charge on any atom is 0.320 e. The van der Waals surface area contributed by atoms with Gasteiger partial charge in [0.15, 0.2) is 17.7 Å². The Labute approximate surface area is 212 Å². The molecule has 2 aromatic heterocycles. The Morgan fingerprint density at radius 1 is 1.11 bits per heavy atom. The zero-order valence-electron chi connectivity index (χ0n) is 20.0. The van der Waals surface area contributed by atoms with Crippen molar-refractivity contribution in [3.8, 4) is 0 Å². The zero-order chi connectivity index (χ0) is 26.1. The van der Waals surface area contributed by atoms with Crippen molar-refractivity contribution in [2.75, 3.05) is 18.8 Å². The minimum atomic E-state index is -1.25. The molecule has 3 heterocycles. The van der Waals surface area contributed by atoms with Gasteiger partial charge in [-0.05, 0) is 28.8 Å². The van der Waals surface area contributed by atoms with Gasteiger partial charge in [-0.15, -0.1) is 0 Å². The lowest BCUT2D eigenvalue weighted by molar-refractivity contribution is -0.138.